The molecule has 0 aromatic heterocycles. The van der Waals surface area contributed by atoms with Crippen molar-refractivity contribution in [2.24, 2.45) is 0 Å². The van der Waals surface area contributed by atoms with Gasteiger partial charge in [0.2, 0.25) is 0 Å². The first-order valence-corrected chi connectivity index (χ1v) is 12.0. The van der Waals surface area contributed by atoms with Crippen molar-refractivity contribution < 1.29 is 27.5 Å². The lowest BCUT2D eigenvalue weighted by Gasteiger charge is -2.37. The van der Waals surface area contributed by atoms with E-state index >= 15 is 0 Å². The fourth-order valence-corrected chi connectivity index (χ4v) is 4.92. The third-order valence-electron chi connectivity index (χ3n) is 5.19. The van der Waals surface area contributed by atoms with Gasteiger partial charge in [-0.3, -0.25) is 9.59 Å². The maximum atomic E-state index is 13.4. The first kappa shape index (κ1) is 21.6. The van der Waals surface area contributed by atoms with E-state index in [-0.39, 0.29) is 27.9 Å². The van der Waals surface area contributed by atoms with E-state index in [1.165, 1.54) is 23.1 Å². The van der Waals surface area contributed by atoms with Gasteiger partial charge in [-0.25, -0.2) is 8.42 Å². The smallest absolute Gasteiger partial charge is 0.265 e. The minimum Gasteiger partial charge on any atom is -0.476 e. The highest BCUT2D eigenvalue weighted by Crippen LogP contribution is 2.35. The standard InChI is InChI=1S/C21H21ClN2O6S/c1-31(27,28)19-12-14(6-7-15(19)22)20(25)24-13-18(21(26)23-8-10-29-11-9-23)30-17-5-3-2-4-16(17)24/h2-7,12,18H,8-11,13H2,1H3. The van der Waals surface area contributed by atoms with Crippen LogP contribution < -0.4 is 9.64 Å². The van der Waals surface area contributed by atoms with Crippen LogP contribution in [0.4, 0.5) is 5.69 Å². The fraction of sp³-hybridized carbons (Fsp3) is 0.333. The summed E-state index contributed by atoms with van der Waals surface area (Å²) in [6, 6.07) is 11.0. The molecule has 0 saturated carbocycles. The number of amides is 2. The molecule has 0 bridgehead atoms. The van der Waals surface area contributed by atoms with Gasteiger partial charge in [-0.2, -0.15) is 0 Å². The number of carbonyl (C=O) groups is 2. The molecule has 2 aliphatic heterocycles. The number of morpholine rings is 1. The van der Waals surface area contributed by atoms with Crippen LogP contribution in [0.25, 0.3) is 0 Å². The molecule has 1 saturated heterocycles. The van der Waals surface area contributed by atoms with E-state index in [1.54, 1.807) is 29.2 Å². The molecule has 1 fully saturated rings. The number of hydrogen-bond acceptors (Lipinski definition) is 6. The van der Waals surface area contributed by atoms with Crippen LogP contribution in [0.2, 0.25) is 5.02 Å². The van der Waals surface area contributed by atoms with Crippen molar-refractivity contribution in [2.75, 3.05) is 44.0 Å². The summed E-state index contributed by atoms with van der Waals surface area (Å²) in [5.41, 5.74) is 0.661. The Kier molecular flexibility index (Phi) is 5.92. The number of rotatable bonds is 3. The zero-order valence-electron chi connectivity index (χ0n) is 16.8. The first-order valence-electron chi connectivity index (χ1n) is 9.69. The number of sulfone groups is 1. The Bertz CT molecular complexity index is 1130. The number of nitrogens with zero attached hydrogens (tertiary/aromatic N) is 2. The number of anilines is 1. The maximum Gasteiger partial charge on any atom is 0.265 e. The van der Waals surface area contributed by atoms with Crippen molar-refractivity contribution in [1.29, 1.82) is 0 Å². The molecule has 2 aliphatic rings. The Labute approximate surface area is 185 Å². The zero-order chi connectivity index (χ0) is 22.2. The van der Waals surface area contributed by atoms with Crippen LogP contribution >= 0.6 is 11.6 Å². The van der Waals surface area contributed by atoms with Gasteiger partial charge in [0, 0.05) is 24.9 Å². The second kappa shape index (κ2) is 8.49. The van der Waals surface area contributed by atoms with Crippen LogP contribution in [-0.2, 0) is 19.4 Å². The molecular weight excluding hydrogens is 444 g/mol. The van der Waals surface area contributed by atoms with Crippen molar-refractivity contribution in [2.45, 2.75) is 11.0 Å². The highest BCUT2D eigenvalue weighted by molar-refractivity contribution is 7.90. The molecule has 1 atom stereocenters. The Hall–Kier alpha value is -2.62. The Morgan fingerprint density at radius 1 is 1.10 bits per heavy atom. The zero-order valence-corrected chi connectivity index (χ0v) is 18.4. The third kappa shape index (κ3) is 4.39. The highest BCUT2D eigenvalue weighted by Gasteiger charge is 2.37. The number of carbonyl (C=O) groups excluding carboxylic acids is 2. The lowest BCUT2D eigenvalue weighted by molar-refractivity contribution is -0.142. The summed E-state index contributed by atoms with van der Waals surface area (Å²) in [6.45, 7) is 1.84. The molecule has 2 aromatic carbocycles. The van der Waals surface area contributed by atoms with Crippen LogP contribution in [-0.4, -0.2) is 70.3 Å². The monoisotopic (exact) mass is 464 g/mol. The average molecular weight is 465 g/mol. The molecule has 0 radical (unpaired) electrons. The largest absolute Gasteiger partial charge is 0.476 e. The van der Waals surface area contributed by atoms with E-state index in [2.05, 4.69) is 0 Å². The SMILES string of the molecule is CS(=O)(=O)c1cc(C(=O)N2CC(C(=O)N3CCOCC3)Oc3ccccc32)ccc1Cl. The normalized spacial score (nSPS) is 18.8. The molecule has 0 spiro atoms. The fourth-order valence-electron chi connectivity index (χ4n) is 3.62. The second-order valence-corrected chi connectivity index (χ2v) is 9.74. The number of ether oxygens (including phenoxy) is 2. The van der Waals surface area contributed by atoms with E-state index in [1.807, 2.05) is 0 Å². The van der Waals surface area contributed by atoms with E-state index in [4.69, 9.17) is 21.1 Å². The molecule has 1 unspecified atom stereocenters. The number of para-hydroxylation sites is 2. The van der Waals surface area contributed by atoms with Gasteiger partial charge in [0.1, 0.15) is 5.75 Å². The van der Waals surface area contributed by atoms with Crippen molar-refractivity contribution in [3.05, 3.63) is 53.1 Å². The number of benzene rings is 2. The van der Waals surface area contributed by atoms with Gasteiger partial charge in [0.15, 0.2) is 15.9 Å². The van der Waals surface area contributed by atoms with E-state index in [9.17, 15) is 18.0 Å². The van der Waals surface area contributed by atoms with Crippen LogP contribution in [0.15, 0.2) is 47.4 Å². The Morgan fingerprint density at radius 3 is 2.52 bits per heavy atom. The van der Waals surface area contributed by atoms with E-state index in [0.717, 1.165) is 6.26 Å². The summed E-state index contributed by atoms with van der Waals surface area (Å²) in [7, 11) is -3.62. The molecule has 4 rings (SSSR count). The number of halogens is 1. The van der Waals surface area contributed by atoms with E-state index < -0.39 is 21.8 Å². The molecule has 164 valence electrons. The molecule has 8 nitrogen and oxygen atoms in total. The molecule has 10 heteroatoms. The predicted molar refractivity (Wildman–Crippen MR) is 114 cm³/mol. The molecular formula is C21H21ClN2O6S. The lowest BCUT2D eigenvalue weighted by atomic mass is 10.1. The first-order chi connectivity index (χ1) is 14.8. The summed E-state index contributed by atoms with van der Waals surface area (Å²) in [5, 5.41) is 0.0433. The van der Waals surface area contributed by atoms with E-state index in [0.29, 0.717) is 37.7 Å². The summed E-state index contributed by atoms with van der Waals surface area (Å²) in [6.07, 6.45) is 0.155. The minimum absolute atomic E-state index is 0.00285. The minimum atomic E-state index is -3.62. The Morgan fingerprint density at radius 2 is 1.81 bits per heavy atom. The summed E-state index contributed by atoms with van der Waals surface area (Å²) in [4.78, 5) is 29.4. The van der Waals surface area contributed by atoms with Gasteiger partial charge >= 0.3 is 0 Å². The van der Waals surface area contributed by atoms with Gasteiger partial charge in [-0.05, 0) is 30.3 Å². The predicted octanol–water partition coefficient (Wildman–Crippen LogP) is 2.01. The third-order valence-corrected chi connectivity index (χ3v) is 6.77. The van der Waals surface area contributed by atoms with Crippen LogP contribution in [0.3, 0.4) is 0 Å². The molecule has 31 heavy (non-hydrogen) atoms. The lowest BCUT2D eigenvalue weighted by Crippen LogP contribution is -2.54. The van der Waals surface area contributed by atoms with Crippen LogP contribution in [0.1, 0.15) is 10.4 Å². The molecule has 0 N–H and O–H groups in total. The molecule has 2 amide bonds. The van der Waals surface area contributed by atoms with Crippen LogP contribution in [0.5, 0.6) is 5.75 Å². The molecule has 2 aromatic rings. The van der Waals surface area contributed by atoms with Crippen molar-refractivity contribution in [3.8, 4) is 5.75 Å². The second-order valence-electron chi connectivity index (χ2n) is 7.35. The molecule has 2 heterocycles. The van der Waals surface area contributed by atoms with Gasteiger partial charge in [0.25, 0.3) is 11.8 Å². The quantitative estimate of drug-likeness (QED) is 0.689. The number of hydrogen-bond donors (Lipinski definition) is 0. The van der Waals surface area contributed by atoms with Gasteiger partial charge in [0.05, 0.1) is 35.4 Å². The highest BCUT2D eigenvalue weighted by atomic mass is 35.5. The van der Waals surface area contributed by atoms with Crippen molar-refractivity contribution in [1.82, 2.24) is 4.90 Å². The number of fused-ring (bicyclic) bond motifs is 1. The van der Waals surface area contributed by atoms with Crippen LogP contribution in [0, 0.1) is 0 Å². The van der Waals surface area contributed by atoms with Gasteiger partial charge in [-0.15, -0.1) is 0 Å². The maximum absolute atomic E-state index is 13.4. The van der Waals surface area contributed by atoms with Gasteiger partial charge < -0.3 is 19.3 Å². The summed E-state index contributed by atoms with van der Waals surface area (Å²) >= 11 is 6.02. The van der Waals surface area contributed by atoms with Gasteiger partial charge in [-0.1, -0.05) is 23.7 Å². The van der Waals surface area contributed by atoms with Crippen molar-refractivity contribution >= 4 is 38.9 Å². The molecule has 0 aliphatic carbocycles. The van der Waals surface area contributed by atoms with Crippen molar-refractivity contribution in [3.63, 3.8) is 0 Å². The Balaban J connectivity index is 1.68. The summed E-state index contributed by atoms with van der Waals surface area (Å²) in [5.74, 6) is -0.258. The summed E-state index contributed by atoms with van der Waals surface area (Å²) < 4.78 is 35.3. The topological polar surface area (TPSA) is 93.2 Å². The average Bonchev–Trinajstić information content (AvgIpc) is 2.77.